The first-order valence-corrected chi connectivity index (χ1v) is 10.7. The number of likely N-dealkylation sites (N-methyl/N-ethyl adjacent to an activating group) is 1. The van der Waals surface area contributed by atoms with E-state index in [-0.39, 0.29) is 6.04 Å². The lowest BCUT2D eigenvalue weighted by Crippen LogP contribution is -2.48. The number of hydrogen-bond acceptors (Lipinski definition) is 5. The number of nitrogens with zero attached hydrogens (tertiary/aromatic N) is 3. The number of rotatable bonds is 9. The Morgan fingerprint density at radius 1 is 1.21 bits per heavy atom. The third kappa shape index (κ3) is 6.32. The molecule has 2 fully saturated rings. The maximum atomic E-state index is 5.56. The minimum Gasteiger partial charge on any atom is -0.497 e. The zero-order chi connectivity index (χ0) is 20.6. The van der Waals surface area contributed by atoms with E-state index in [9.17, 15) is 0 Å². The summed E-state index contributed by atoms with van der Waals surface area (Å²) >= 11 is 0. The highest BCUT2D eigenvalue weighted by Gasteiger charge is 2.29. The van der Waals surface area contributed by atoms with E-state index in [0.717, 1.165) is 57.1 Å². The first-order chi connectivity index (χ1) is 14.1. The molecule has 29 heavy (non-hydrogen) atoms. The van der Waals surface area contributed by atoms with Crippen LogP contribution in [-0.4, -0.2) is 88.4 Å². The Kier molecular flexibility index (Phi) is 8.15. The van der Waals surface area contributed by atoms with Gasteiger partial charge in [-0.1, -0.05) is 12.1 Å². The van der Waals surface area contributed by atoms with Crippen molar-refractivity contribution in [1.82, 2.24) is 20.4 Å². The van der Waals surface area contributed by atoms with Gasteiger partial charge in [0.25, 0.3) is 0 Å². The molecule has 2 atom stereocenters. The number of hydrogen-bond donors (Lipinski definition) is 2. The molecule has 1 heterocycles. The predicted octanol–water partition coefficient (Wildman–Crippen LogP) is 1.72. The van der Waals surface area contributed by atoms with Gasteiger partial charge >= 0.3 is 0 Å². The predicted molar refractivity (Wildman–Crippen MR) is 118 cm³/mol. The van der Waals surface area contributed by atoms with Gasteiger partial charge in [0, 0.05) is 45.3 Å². The number of ether oxygens (including phenoxy) is 2. The van der Waals surface area contributed by atoms with Crippen LogP contribution in [0.3, 0.4) is 0 Å². The van der Waals surface area contributed by atoms with Crippen LogP contribution < -0.4 is 15.4 Å². The lowest BCUT2D eigenvalue weighted by molar-refractivity contribution is 0.0170. The number of morpholine rings is 1. The molecule has 0 radical (unpaired) electrons. The highest BCUT2D eigenvalue weighted by Crippen LogP contribution is 2.26. The molecular weight excluding hydrogens is 366 g/mol. The van der Waals surface area contributed by atoms with Gasteiger partial charge in [0.1, 0.15) is 5.75 Å². The summed E-state index contributed by atoms with van der Waals surface area (Å²) in [4.78, 5) is 9.38. The van der Waals surface area contributed by atoms with E-state index in [1.54, 1.807) is 7.11 Å². The molecule has 7 heteroatoms. The van der Waals surface area contributed by atoms with Gasteiger partial charge in [-0.2, -0.15) is 0 Å². The Morgan fingerprint density at radius 2 is 1.86 bits per heavy atom. The normalized spacial score (nSPS) is 20.4. The lowest BCUT2D eigenvalue weighted by atomic mass is 10.0. The van der Waals surface area contributed by atoms with Crippen LogP contribution in [0.4, 0.5) is 0 Å². The second-order valence-corrected chi connectivity index (χ2v) is 8.02. The van der Waals surface area contributed by atoms with Crippen LogP contribution in [0.25, 0.3) is 0 Å². The molecule has 0 spiro atoms. The number of aliphatic imine (C=N–C) groups is 1. The molecule has 2 unspecified atom stereocenters. The molecule has 0 bridgehead atoms. The maximum Gasteiger partial charge on any atom is 0.191 e. The van der Waals surface area contributed by atoms with Crippen LogP contribution in [0.5, 0.6) is 5.75 Å². The van der Waals surface area contributed by atoms with Gasteiger partial charge in [0.05, 0.1) is 26.4 Å². The van der Waals surface area contributed by atoms with Crippen molar-refractivity contribution in [2.75, 3.05) is 60.6 Å². The van der Waals surface area contributed by atoms with Gasteiger partial charge in [-0.25, -0.2) is 0 Å². The standard InChI is InChI=1S/C22H37N5O2/c1-17(26(3)19-7-8-19)15-24-22(23-2)25-16-21(27-11-13-29-14-12-27)18-5-9-20(28-4)10-6-18/h5-6,9-10,17,19,21H,7-8,11-16H2,1-4H3,(H2,23,24,25). The van der Waals surface area contributed by atoms with Crippen molar-refractivity contribution >= 4 is 5.96 Å². The third-order valence-electron chi connectivity index (χ3n) is 6.06. The summed E-state index contributed by atoms with van der Waals surface area (Å²) in [5.74, 6) is 1.74. The Hall–Kier alpha value is -1.83. The number of nitrogens with one attached hydrogen (secondary N) is 2. The van der Waals surface area contributed by atoms with Crippen LogP contribution in [0, 0.1) is 0 Å². The molecule has 2 N–H and O–H groups in total. The second-order valence-electron chi connectivity index (χ2n) is 8.02. The molecule has 0 amide bonds. The van der Waals surface area contributed by atoms with Gasteiger partial charge in [0.15, 0.2) is 5.96 Å². The van der Waals surface area contributed by atoms with E-state index in [0.29, 0.717) is 6.04 Å². The topological polar surface area (TPSA) is 61.4 Å². The van der Waals surface area contributed by atoms with Crippen LogP contribution in [0.2, 0.25) is 0 Å². The second kappa shape index (κ2) is 10.8. The van der Waals surface area contributed by atoms with Crippen LogP contribution in [0.1, 0.15) is 31.4 Å². The van der Waals surface area contributed by atoms with Crippen molar-refractivity contribution in [2.45, 2.75) is 37.9 Å². The van der Waals surface area contributed by atoms with E-state index in [1.807, 2.05) is 19.2 Å². The largest absolute Gasteiger partial charge is 0.497 e. The summed E-state index contributed by atoms with van der Waals surface area (Å²) in [5, 5.41) is 7.03. The Morgan fingerprint density at radius 3 is 2.45 bits per heavy atom. The molecule has 1 saturated carbocycles. The Bertz CT molecular complexity index is 641. The fourth-order valence-corrected chi connectivity index (χ4v) is 3.82. The summed E-state index contributed by atoms with van der Waals surface area (Å²) in [7, 11) is 5.76. The molecule has 0 aromatic heterocycles. The van der Waals surface area contributed by atoms with Gasteiger partial charge in [0.2, 0.25) is 0 Å². The average molecular weight is 404 g/mol. The van der Waals surface area contributed by atoms with E-state index in [4.69, 9.17) is 9.47 Å². The third-order valence-corrected chi connectivity index (χ3v) is 6.06. The Labute approximate surface area is 175 Å². The highest BCUT2D eigenvalue weighted by atomic mass is 16.5. The van der Waals surface area contributed by atoms with E-state index < -0.39 is 0 Å². The van der Waals surface area contributed by atoms with Crippen LogP contribution in [-0.2, 0) is 4.74 Å². The minimum absolute atomic E-state index is 0.259. The minimum atomic E-state index is 0.259. The van der Waals surface area contributed by atoms with Crippen LogP contribution in [0.15, 0.2) is 29.3 Å². The summed E-state index contributed by atoms with van der Waals surface area (Å²) in [6.07, 6.45) is 2.66. The van der Waals surface area contributed by atoms with Crippen molar-refractivity contribution in [3.05, 3.63) is 29.8 Å². The molecule has 1 aromatic rings. The Balaban J connectivity index is 1.58. The lowest BCUT2D eigenvalue weighted by Gasteiger charge is -2.35. The van der Waals surface area contributed by atoms with Gasteiger partial charge in [-0.15, -0.1) is 0 Å². The summed E-state index contributed by atoms with van der Waals surface area (Å²) < 4.78 is 10.9. The summed E-state index contributed by atoms with van der Waals surface area (Å²) in [6, 6.07) is 9.89. The van der Waals surface area contributed by atoms with Crippen molar-refractivity contribution in [3.8, 4) is 5.75 Å². The monoisotopic (exact) mass is 403 g/mol. The SMILES string of the molecule is CN=C(NCC(c1ccc(OC)cc1)N1CCOCC1)NCC(C)N(C)C1CC1. The first-order valence-electron chi connectivity index (χ1n) is 10.7. The molecule has 162 valence electrons. The van der Waals surface area contributed by atoms with E-state index in [2.05, 4.69) is 51.5 Å². The van der Waals surface area contributed by atoms with Gasteiger partial charge in [-0.05, 0) is 44.5 Å². The molecule has 3 rings (SSSR count). The van der Waals surface area contributed by atoms with Gasteiger partial charge in [-0.3, -0.25) is 14.8 Å². The van der Waals surface area contributed by atoms with Crippen molar-refractivity contribution < 1.29 is 9.47 Å². The van der Waals surface area contributed by atoms with Crippen molar-refractivity contribution in [1.29, 1.82) is 0 Å². The maximum absolute atomic E-state index is 5.56. The molecule has 2 aliphatic rings. The molecule has 1 aliphatic heterocycles. The molecule has 1 saturated heterocycles. The molecular formula is C22H37N5O2. The van der Waals surface area contributed by atoms with E-state index in [1.165, 1.54) is 18.4 Å². The zero-order valence-electron chi connectivity index (χ0n) is 18.4. The molecule has 7 nitrogen and oxygen atoms in total. The highest BCUT2D eigenvalue weighted by molar-refractivity contribution is 5.79. The van der Waals surface area contributed by atoms with Gasteiger partial charge < -0.3 is 20.1 Å². The fourth-order valence-electron chi connectivity index (χ4n) is 3.82. The van der Waals surface area contributed by atoms with Crippen LogP contribution >= 0.6 is 0 Å². The quantitative estimate of drug-likeness (QED) is 0.484. The fraction of sp³-hybridized carbons (Fsp3) is 0.682. The first kappa shape index (κ1) is 21.9. The number of benzene rings is 1. The van der Waals surface area contributed by atoms with E-state index >= 15 is 0 Å². The molecule has 1 aliphatic carbocycles. The zero-order valence-corrected chi connectivity index (χ0v) is 18.4. The number of methoxy groups -OCH3 is 1. The summed E-state index contributed by atoms with van der Waals surface area (Å²) in [6.45, 7) is 7.39. The van der Waals surface area contributed by atoms with Crippen molar-refractivity contribution in [2.24, 2.45) is 4.99 Å². The van der Waals surface area contributed by atoms with Crippen molar-refractivity contribution in [3.63, 3.8) is 0 Å². The molecule has 1 aromatic carbocycles. The summed E-state index contributed by atoms with van der Waals surface area (Å²) in [5.41, 5.74) is 1.28. The number of guanidine groups is 1. The smallest absolute Gasteiger partial charge is 0.191 e. The average Bonchev–Trinajstić information content (AvgIpc) is 3.62.